The SMILES string of the molecule is O=C(CN1CCC(CO)CC1)Nc1cccc2ccccc12. The van der Waals surface area contributed by atoms with Crippen LogP contribution >= 0.6 is 0 Å². The van der Waals surface area contributed by atoms with Crippen molar-refractivity contribution in [1.82, 2.24) is 4.90 Å². The van der Waals surface area contributed by atoms with Crippen molar-refractivity contribution in [2.24, 2.45) is 5.92 Å². The number of likely N-dealkylation sites (tertiary alicyclic amines) is 1. The van der Waals surface area contributed by atoms with Crippen molar-refractivity contribution in [2.45, 2.75) is 12.8 Å². The molecule has 0 bridgehead atoms. The van der Waals surface area contributed by atoms with Gasteiger partial charge in [0.2, 0.25) is 5.91 Å². The van der Waals surface area contributed by atoms with Crippen LogP contribution in [0.25, 0.3) is 10.8 Å². The number of hydrogen-bond acceptors (Lipinski definition) is 3. The van der Waals surface area contributed by atoms with Gasteiger partial charge >= 0.3 is 0 Å². The number of fused-ring (bicyclic) bond motifs is 1. The number of aliphatic hydroxyl groups excluding tert-OH is 1. The number of hydrogen-bond donors (Lipinski definition) is 2. The Hall–Kier alpha value is -1.91. The number of rotatable bonds is 4. The average molecular weight is 298 g/mol. The Labute approximate surface area is 130 Å². The highest BCUT2D eigenvalue weighted by atomic mass is 16.3. The monoisotopic (exact) mass is 298 g/mol. The van der Waals surface area contributed by atoms with Crippen molar-refractivity contribution in [3.8, 4) is 0 Å². The Morgan fingerprint density at radius 2 is 1.86 bits per heavy atom. The van der Waals surface area contributed by atoms with Crippen LogP contribution in [-0.2, 0) is 4.79 Å². The van der Waals surface area contributed by atoms with E-state index in [0.717, 1.165) is 42.4 Å². The van der Waals surface area contributed by atoms with Crippen molar-refractivity contribution in [3.63, 3.8) is 0 Å². The van der Waals surface area contributed by atoms with Gasteiger partial charge in [-0.1, -0.05) is 36.4 Å². The van der Waals surface area contributed by atoms with Crippen LogP contribution in [0.5, 0.6) is 0 Å². The first-order chi connectivity index (χ1) is 10.8. The zero-order valence-electron chi connectivity index (χ0n) is 12.7. The number of carbonyl (C=O) groups excluding carboxylic acids is 1. The molecule has 1 amide bonds. The number of carbonyl (C=O) groups is 1. The molecule has 0 saturated carbocycles. The van der Waals surface area contributed by atoms with Gasteiger partial charge in [0, 0.05) is 17.7 Å². The van der Waals surface area contributed by atoms with Gasteiger partial charge in [-0.2, -0.15) is 0 Å². The maximum atomic E-state index is 12.3. The number of aliphatic hydroxyl groups is 1. The molecule has 116 valence electrons. The minimum atomic E-state index is 0.0267. The lowest BCUT2D eigenvalue weighted by atomic mass is 9.98. The topological polar surface area (TPSA) is 52.6 Å². The number of benzene rings is 2. The van der Waals surface area contributed by atoms with Crippen LogP contribution < -0.4 is 5.32 Å². The molecule has 1 aliphatic rings. The Morgan fingerprint density at radius 3 is 2.64 bits per heavy atom. The standard InChI is InChI=1S/C18H22N2O2/c21-13-14-8-10-20(11-9-14)12-18(22)19-17-7-3-5-15-4-1-2-6-16(15)17/h1-7,14,21H,8-13H2,(H,19,22). The molecule has 0 atom stereocenters. The lowest BCUT2D eigenvalue weighted by Gasteiger charge is -2.30. The quantitative estimate of drug-likeness (QED) is 0.912. The largest absolute Gasteiger partial charge is 0.396 e. The van der Waals surface area contributed by atoms with Crippen molar-refractivity contribution in [3.05, 3.63) is 42.5 Å². The van der Waals surface area contributed by atoms with Crippen LogP contribution in [-0.4, -0.2) is 42.2 Å². The van der Waals surface area contributed by atoms with E-state index >= 15 is 0 Å². The van der Waals surface area contributed by atoms with Crippen LogP contribution in [0.3, 0.4) is 0 Å². The number of nitrogens with zero attached hydrogens (tertiary/aromatic N) is 1. The molecule has 0 unspecified atom stereocenters. The average Bonchev–Trinajstić information content (AvgIpc) is 2.56. The molecule has 1 heterocycles. The van der Waals surface area contributed by atoms with Crippen LogP contribution in [0.1, 0.15) is 12.8 Å². The van der Waals surface area contributed by atoms with Gasteiger partial charge in [-0.05, 0) is 43.3 Å². The third kappa shape index (κ3) is 3.46. The highest BCUT2D eigenvalue weighted by Crippen LogP contribution is 2.23. The second-order valence-corrected chi connectivity index (χ2v) is 5.98. The summed E-state index contributed by atoms with van der Waals surface area (Å²) >= 11 is 0. The molecular formula is C18H22N2O2. The lowest BCUT2D eigenvalue weighted by Crippen LogP contribution is -2.39. The van der Waals surface area contributed by atoms with Gasteiger partial charge in [-0.15, -0.1) is 0 Å². The van der Waals surface area contributed by atoms with Gasteiger partial charge in [0.05, 0.1) is 6.54 Å². The molecule has 0 radical (unpaired) electrons. The Balaban J connectivity index is 1.62. The van der Waals surface area contributed by atoms with Gasteiger partial charge in [0.25, 0.3) is 0 Å². The minimum Gasteiger partial charge on any atom is -0.396 e. The lowest BCUT2D eigenvalue weighted by molar-refractivity contribution is -0.117. The first-order valence-electron chi connectivity index (χ1n) is 7.87. The number of nitrogens with one attached hydrogen (secondary N) is 1. The minimum absolute atomic E-state index is 0.0267. The molecule has 3 rings (SSSR count). The Morgan fingerprint density at radius 1 is 1.14 bits per heavy atom. The van der Waals surface area contributed by atoms with Crippen molar-refractivity contribution in [1.29, 1.82) is 0 Å². The molecule has 2 N–H and O–H groups in total. The first-order valence-corrected chi connectivity index (χ1v) is 7.87. The summed E-state index contributed by atoms with van der Waals surface area (Å²) in [6.07, 6.45) is 1.94. The molecule has 4 nitrogen and oxygen atoms in total. The van der Waals surface area contributed by atoms with Gasteiger partial charge in [0.1, 0.15) is 0 Å². The highest BCUT2D eigenvalue weighted by Gasteiger charge is 2.20. The van der Waals surface area contributed by atoms with Crippen LogP contribution in [0.15, 0.2) is 42.5 Å². The fourth-order valence-corrected chi connectivity index (χ4v) is 3.05. The number of anilines is 1. The van der Waals surface area contributed by atoms with Gasteiger partial charge in [0.15, 0.2) is 0 Å². The maximum absolute atomic E-state index is 12.3. The summed E-state index contributed by atoms with van der Waals surface area (Å²) < 4.78 is 0. The van der Waals surface area contributed by atoms with E-state index in [1.807, 2.05) is 42.5 Å². The summed E-state index contributed by atoms with van der Waals surface area (Å²) in [5, 5.41) is 14.4. The molecule has 0 spiro atoms. The van der Waals surface area contributed by atoms with E-state index in [1.165, 1.54) is 0 Å². The summed E-state index contributed by atoms with van der Waals surface area (Å²) in [5.41, 5.74) is 0.869. The van der Waals surface area contributed by atoms with E-state index in [9.17, 15) is 4.79 Å². The van der Waals surface area contributed by atoms with E-state index in [2.05, 4.69) is 10.2 Å². The van der Waals surface area contributed by atoms with Crippen molar-refractivity contribution >= 4 is 22.4 Å². The van der Waals surface area contributed by atoms with E-state index in [4.69, 9.17) is 5.11 Å². The third-order valence-electron chi connectivity index (χ3n) is 4.40. The molecule has 2 aromatic rings. The second-order valence-electron chi connectivity index (χ2n) is 5.98. The zero-order chi connectivity index (χ0) is 15.4. The van der Waals surface area contributed by atoms with E-state index in [1.54, 1.807) is 0 Å². The molecular weight excluding hydrogens is 276 g/mol. The van der Waals surface area contributed by atoms with E-state index in [0.29, 0.717) is 12.5 Å². The molecule has 2 aromatic carbocycles. The fourth-order valence-electron chi connectivity index (χ4n) is 3.05. The Bertz CT molecular complexity index is 643. The molecule has 22 heavy (non-hydrogen) atoms. The fraction of sp³-hybridized carbons (Fsp3) is 0.389. The van der Waals surface area contributed by atoms with Gasteiger partial charge in [-0.3, -0.25) is 9.69 Å². The first kappa shape index (κ1) is 15.0. The predicted octanol–water partition coefficient (Wildman–Crippen LogP) is 2.48. The smallest absolute Gasteiger partial charge is 0.238 e. The molecule has 0 aromatic heterocycles. The Kier molecular flexibility index (Phi) is 4.71. The summed E-state index contributed by atoms with van der Waals surface area (Å²) in [6.45, 7) is 2.44. The molecule has 1 saturated heterocycles. The van der Waals surface area contributed by atoms with Crippen LogP contribution in [0.4, 0.5) is 5.69 Å². The third-order valence-corrected chi connectivity index (χ3v) is 4.40. The normalized spacial score (nSPS) is 16.8. The summed E-state index contributed by atoms with van der Waals surface area (Å²) in [6, 6.07) is 14.0. The van der Waals surface area contributed by atoms with Crippen LogP contribution in [0, 0.1) is 5.92 Å². The summed E-state index contributed by atoms with van der Waals surface area (Å²) in [4.78, 5) is 14.4. The van der Waals surface area contributed by atoms with Crippen LogP contribution in [0.2, 0.25) is 0 Å². The van der Waals surface area contributed by atoms with E-state index in [-0.39, 0.29) is 12.5 Å². The second kappa shape index (κ2) is 6.90. The molecule has 1 fully saturated rings. The maximum Gasteiger partial charge on any atom is 0.238 e. The summed E-state index contributed by atoms with van der Waals surface area (Å²) in [5.74, 6) is 0.427. The number of piperidine rings is 1. The van der Waals surface area contributed by atoms with Crippen molar-refractivity contribution < 1.29 is 9.90 Å². The number of amides is 1. The summed E-state index contributed by atoms with van der Waals surface area (Å²) in [7, 11) is 0. The molecule has 0 aliphatic carbocycles. The van der Waals surface area contributed by atoms with Crippen molar-refractivity contribution in [2.75, 3.05) is 31.6 Å². The molecule has 1 aliphatic heterocycles. The highest BCUT2D eigenvalue weighted by molar-refractivity contribution is 6.02. The molecule has 4 heteroatoms. The van der Waals surface area contributed by atoms with Gasteiger partial charge < -0.3 is 10.4 Å². The van der Waals surface area contributed by atoms with Gasteiger partial charge in [-0.25, -0.2) is 0 Å². The predicted molar refractivity (Wildman–Crippen MR) is 88.8 cm³/mol. The zero-order valence-corrected chi connectivity index (χ0v) is 12.7. The van der Waals surface area contributed by atoms with E-state index < -0.39 is 0 Å².